The van der Waals surface area contributed by atoms with Gasteiger partial charge in [0.05, 0.1) is 16.9 Å². The first-order chi connectivity index (χ1) is 11.2. The number of hydrogen-bond donors (Lipinski definition) is 0. The van der Waals surface area contributed by atoms with Crippen LogP contribution in [0.3, 0.4) is 0 Å². The summed E-state index contributed by atoms with van der Waals surface area (Å²) in [6.45, 7) is 0. The zero-order chi connectivity index (χ0) is 15.8. The summed E-state index contributed by atoms with van der Waals surface area (Å²) in [4.78, 5) is 4.52. The van der Waals surface area contributed by atoms with Crippen LogP contribution in [0, 0.1) is 17.7 Å². The van der Waals surface area contributed by atoms with E-state index in [0.29, 0.717) is 5.82 Å². The first-order valence-electron chi connectivity index (χ1n) is 7.14. The van der Waals surface area contributed by atoms with E-state index in [1.165, 1.54) is 0 Å². The van der Waals surface area contributed by atoms with Crippen molar-refractivity contribution in [3.63, 3.8) is 0 Å². The van der Waals surface area contributed by atoms with Gasteiger partial charge in [0.25, 0.3) is 0 Å². The van der Waals surface area contributed by atoms with Crippen molar-refractivity contribution in [3.05, 3.63) is 84.4 Å². The number of para-hydroxylation sites is 3. The molecule has 1 aromatic heterocycles. The molecule has 5 heteroatoms. The second kappa shape index (κ2) is 6.63. The summed E-state index contributed by atoms with van der Waals surface area (Å²) in [7, 11) is 0. The molecule has 0 aliphatic rings. The van der Waals surface area contributed by atoms with E-state index in [4.69, 9.17) is 0 Å². The second-order valence-corrected chi connectivity index (χ2v) is 5.14. The Morgan fingerprint density at radius 2 is 1.62 bits per heavy atom. The van der Waals surface area contributed by atoms with Crippen molar-refractivity contribution < 1.29 is 28.9 Å². The second-order valence-electron chi connectivity index (χ2n) is 5.14. The summed E-state index contributed by atoms with van der Waals surface area (Å²) in [5, 5.41) is 0. The van der Waals surface area contributed by atoms with Gasteiger partial charge in [-0.05, 0) is 24.3 Å². The van der Waals surface area contributed by atoms with Crippen molar-refractivity contribution in [1.29, 1.82) is 0 Å². The number of benzene rings is 3. The number of imidazole rings is 1. The normalized spacial score (nSPS) is 10.6. The third-order valence-corrected chi connectivity index (χ3v) is 3.66. The molecule has 0 saturated heterocycles. The Labute approximate surface area is 151 Å². The van der Waals surface area contributed by atoms with Crippen LogP contribution >= 0.6 is 0 Å². The fourth-order valence-corrected chi connectivity index (χ4v) is 2.65. The van der Waals surface area contributed by atoms with Crippen LogP contribution < -0.4 is 0 Å². The molecule has 1 radical (unpaired) electrons. The standard InChI is InChI=1S/C19H11F2N2.Ir/c20-13-10-11-15(16(21)12-13)19-22-17-8-4-5-9-18(17)23(19)14-6-2-1-3-7-14;/h1-10,12H;/q-1;. The predicted octanol–water partition coefficient (Wildman–Crippen LogP) is 4.77. The number of halogens is 2. The minimum Gasteiger partial charge on any atom is -0.333 e. The molecule has 3 aromatic carbocycles. The van der Waals surface area contributed by atoms with Gasteiger partial charge in [0.1, 0.15) is 0 Å². The van der Waals surface area contributed by atoms with Crippen molar-refractivity contribution in [1.82, 2.24) is 9.55 Å². The van der Waals surface area contributed by atoms with Gasteiger partial charge in [0.2, 0.25) is 0 Å². The van der Waals surface area contributed by atoms with Gasteiger partial charge in [0.15, 0.2) is 0 Å². The van der Waals surface area contributed by atoms with E-state index in [-0.39, 0.29) is 25.7 Å². The molecule has 0 bridgehead atoms. The van der Waals surface area contributed by atoms with E-state index in [1.54, 1.807) is 0 Å². The van der Waals surface area contributed by atoms with Crippen LogP contribution in [0.1, 0.15) is 0 Å². The van der Waals surface area contributed by atoms with Gasteiger partial charge in [-0.1, -0.05) is 42.0 Å². The van der Waals surface area contributed by atoms with Gasteiger partial charge in [-0.3, -0.25) is 13.8 Å². The van der Waals surface area contributed by atoms with Crippen molar-refractivity contribution in [2.24, 2.45) is 0 Å². The fourth-order valence-electron chi connectivity index (χ4n) is 2.65. The minimum atomic E-state index is -0.683. The number of hydrogen-bond acceptors (Lipinski definition) is 1. The molecule has 4 aromatic rings. The summed E-state index contributed by atoms with van der Waals surface area (Å²) in [6.07, 6.45) is 0. The molecule has 0 fully saturated rings. The molecule has 0 unspecified atom stereocenters. The Morgan fingerprint density at radius 1 is 0.917 bits per heavy atom. The summed E-state index contributed by atoms with van der Waals surface area (Å²) in [5.74, 6) is -0.944. The third kappa shape index (κ3) is 2.77. The van der Waals surface area contributed by atoms with E-state index in [0.717, 1.165) is 28.9 Å². The Kier molecular flexibility index (Phi) is 4.56. The van der Waals surface area contributed by atoms with Gasteiger partial charge in [-0.25, -0.2) is 0 Å². The molecule has 2 nitrogen and oxygen atoms in total. The van der Waals surface area contributed by atoms with Crippen molar-refractivity contribution in [2.45, 2.75) is 0 Å². The number of aromatic nitrogens is 2. The SMILES string of the molecule is Fc1c[c-]c(-c2nc3ccccc3n2-c2ccccc2)c(F)c1.[Ir]. The molecular weight excluding hydrogens is 486 g/mol. The summed E-state index contributed by atoms with van der Waals surface area (Å²) in [5.41, 5.74) is 2.59. The Morgan fingerprint density at radius 3 is 2.38 bits per heavy atom. The minimum absolute atomic E-state index is 0. The zero-order valence-electron chi connectivity index (χ0n) is 12.3. The molecule has 0 aliphatic carbocycles. The van der Waals surface area contributed by atoms with E-state index >= 15 is 0 Å². The van der Waals surface area contributed by atoms with E-state index < -0.39 is 11.6 Å². The first-order valence-corrected chi connectivity index (χ1v) is 7.14. The van der Waals surface area contributed by atoms with Crippen molar-refractivity contribution in [3.8, 4) is 17.1 Å². The van der Waals surface area contributed by atoms with Gasteiger partial charge in [0, 0.05) is 37.4 Å². The summed E-state index contributed by atoms with van der Waals surface area (Å²) < 4.78 is 29.3. The topological polar surface area (TPSA) is 17.8 Å². The number of fused-ring (bicyclic) bond motifs is 1. The number of nitrogens with zero attached hydrogens (tertiary/aromatic N) is 2. The molecule has 0 spiro atoms. The maximum Gasteiger partial charge on any atom is 0.0774 e. The third-order valence-electron chi connectivity index (χ3n) is 3.66. The van der Waals surface area contributed by atoms with Gasteiger partial charge in [-0.15, -0.1) is 12.1 Å². The Balaban J connectivity index is 0.00000169. The van der Waals surface area contributed by atoms with Gasteiger partial charge < -0.3 is 4.57 Å². The summed E-state index contributed by atoms with van der Waals surface area (Å²) in [6, 6.07) is 21.7. The van der Waals surface area contributed by atoms with Crippen LogP contribution in [0.4, 0.5) is 8.78 Å². The smallest absolute Gasteiger partial charge is 0.0774 e. The first kappa shape index (κ1) is 16.5. The van der Waals surface area contributed by atoms with Gasteiger partial charge >= 0.3 is 0 Å². The predicted molar refractivity (Wildman–Crippen MR) is 85.3 cm³/mol. The maximum absolute atomic E-state index is 14.2. The largest absolute Gasteiger partial charge is 0.333 e. The molecule has 24 heavy (non-hydrogen) atoms. The van der Waals surface area contributed by atoms with Crippen LogP contribution in [-0.4, -0.2) is 9.55 Å². The Bertz CT molecular complexity index is 997. The van der Waals surface area contributed by atoms with Crippen LogP contribution in [0.2, 0.25) is 0 Å². The fraction of sp³-hybridized carbons (Fsp3) is 0. The van der Waals surface area contributed by atoms with Crippen molar-refractivity contribution >= 4 is 11.0 Å². The quantitative estimate of drug-likeness (QED) is 0.365. The molecular formula is C19H11F2IrN2-. The molecule has 0 N–H and O–H groups in total. The average Bonchev–Trinajstić information content (AvgIpc) is 2.94. The molecule has 0 amide bonds. The van der Waals surface area contributed by atoms with Crippen LogP contribution in [0.15, 0.2) is 66.7 Å². The van der Waals surface area contributed by atoms with Gasteiger partial charge in [-0.2, -0.15) is 0 Å². The molecule has 4 rings (SSSR count). The number of rotatable bonds is 2. The van der Waals surface area contributed by atoms with Crippen LogP contribution in [-0.2, 0) is 20.1 Å². The van der Waals surface area contributed by atoms with Crippen molar-refractivity contribution in [2.75, 3.05) is 0 Å². The molecule has 0 atom stereocenters. The maximum atomic E-state index is 14.2. The molecule has 121 valence electrons. The monoisotopic (exact) mass is 498 g/mol. The molecule has 0 saturated carbocycles. The van der Waals surface area contributed by atoms with E-state index in [1.807, 2.05) is 59.2 Å². The van der Waals surface area contributed by atoms with E-state index in [9.17, 15) is 8.78 Å². The summed E-state index contributed by atoms with van der Waals surface area (Å²) >= 11 is 0. The molecule has 1 heterocycles. The Hall–Kier alpha value is -2.36. The van der Waals surface area contributed by atoms with Crippen LogP contribution in [0.5, 0.6) is 0 Å². The van der Waals surface area contributed by atoms with Crippen LogP contribution in [0.25, 0.3) is 28.1 Å². The zero-order valence-corrected chi connectivity index (χ0v) is 14.7. The molecule has 0 aliphatic heterocycles. The average molecular weight is 498 g/mol. The van der Waals surface area contributed by atoms with E-state index in [2.05, 4.69) is 11.1 Å².